The van der Waals surface area contributed by atoms with E-state index in [2.05, 4.69) is 11.6 Å². The summed E-state index contributed by atoms with van der Waals surface area (Å²) in [6.07, 6.45) is 3.97. The van der Waals surface area contributed by atoms with Gasteiger partial charge in [-0.3, -0.25) is 0 Å². The highest BCUT2D eigenvalue weighted by atomic mass is 32.2. The van der Waals surface area contributed by atoms with Gasteiger partial charge in [-0.15, -0.1) is 0 Å². The van der Waals surface area contributed by atoms with Crippen LogP contribution in [0.5, 0.6) is 0 Å². The molecule has 0 aliphatic heterocycles. The van der Waals surface area contributed by atoms with Gasteiger partial charge >= 0.3 is 0 Å². The van der Waals surface area contributed by atoms with Crippen molar-refractivity contribution in [3.05, 3.63) is 30.1 Å². The molecular weight excluding hydrogens is 253 g/mol. The predicted molar refractivity (Wildman–Crippen MR) is 70.3 cm³/mol. The number of unbranched alkanes of at least 4 members (excludes halogenated alkanes) is 2. The van der Waals surface area contributed by atoms with Gasteiger partial charge in [0, 0.05) is 6.04 Å². The first-order chi connectivity index (χ1) is 8.45. The van der Waals surface area contributed by atoms with Crippen LogP contribution in [0.3, 0.4) is 0 Å². The number of benzene rings is 1. The van der Waals surface area contributed by atoms with Crippen molar-refractivity contribution in [2.45, 2.75) is 50.5 Å². The van der Waals surface area contributed by atoms with Crippen molar-refractivity contribution in [2.75, 3.05) is 0 Å². The second kappa shape index (κ2) is 6.85. The summed E-state index contributed by atoms with van der Waals surface area (Å²) in [5.74, 6) is -0.545. The predicted octanol–water partition coefficient (Wildman–Crippen LogP) is 3.07. The van der Waals surface area contributed by atoms with Crippen LogP contribution in [0.4, 0.5) is 4.39 Å². The molecular formula is C13H20FNO2S. The second-order valence-electron chi connectivity index (χ2n) is 4.48. The maximum absolute atomic E-state index is 13.0. The van der Waals surface area contributed by atoms with Crippen molar-refractivity contribution < 1.29 is 12.8 Å². The Balaban J connectivity index is 2.64. The van der Waals surface area contributed by atoms with Gasteiger partial charge in [-0.05, 0) is 31.5 Å². The highest BCUT2D eigenvalue weighted by Crippen LogP contribution is 2.12. The van der Waals surface area contributed by atoms with Gasteiger partial charge < -0.3 is 0 Å². The van der Waals surface area contributed by atoms with Gasteiger partial charge in [-0.1, -0.05) is 32.3 Å². The summed E-state index contributed by atoms with van der Waals surface area (Å²) in [6.45, 7) is 3.92. The van der Waals surface area contributed by atoms with Crippen LogP contribution < -0.4 is 4.72 Å². The molecule has 0 heterocycles. The van der Waals surface area contributed by atoms with Crippen molar-refractivity contribution in [1.29, 1.82) is 0 Å². The van der Waals surface area contributed by atoms with Gasteiger partial charge in [0.1, 0.15) is 5.82 Å². The van der Waals surface area contributed by atoms with E-state index in [0.29, 0.717) is 0 Å². The average molecular weight is 273 g/mol. The molecule has 1 rings (SSSR count). The molecule has 1 unspecified atom stereocenters. The van der Waals surface area contributed by atoms with Crippen molar-refractivity contribution in [3.8, 4) is 0 Å². The standard InChI is InChI=1S/C13H20FNO2S/c1-3-4-5-7-11(2)15-18(16,17)13-9-6-8-12(14)10-13/h6,8-11,15H,3-5,7H2,1-2H3. The monoisotopic (exact) mass is 273 g/mol. The summed E-state index contributed by atoms with van der Waals surface area (Å²) in [7, 11) is -3.61. The molecule has 0 aliphatic carbocycles. The van der Waals surface area contributed by atoms with Crippen molar-refractivity contribution >= 4 is 10.0 Å². The fourth-order valence-electron chi connectivity index (χ4n) is 1.73. The van der Waals surface area contributed by atoms with E-state index in [1.165, 1.54) is 18.2 Å². The first-order valence-corrected chi connectivity index (χ1v) is 7.72. The molecule has 0 saturated heterocycles. The lowest BCUT2D eigenvalue weighted by molar-refractivity contribution is 0.526. The molecule has 3 nitrogen and oxygen atoms in total. The molecule has 5 heteroatoms. The van der Waals surface area contributed by atoms with Gasteiger partial charge in [-0.25, -0.2) is 17.5 Å². The molecule has 1 atom stereocenters. The first kappa shape index (κ1) is 15.1. The van der Waals surface area contributed by atoms with Gasteiger partial charge in [0.05, 0.1) is 4.90 Å². The maximum Gasteiger partial charge on any atom is 0.240 e. The number of sulfonamides is 1. The third-order valence-electron chi connectivity index (χ3n) is 2.70. The molecule has 0 fully saturated rings. The van der Waals surface area contributed by atoms with Gasteiger partial charge in [0.25, 0.3) is 0 Å². The fourth-order valence-corrected chi connectivity index (χ4v) is 3.04. The zero-order valence-electron chi connectivity index (χ0n) is 10.8. The molecule has 18 heavy (non-hydrogen) atoms. The molecule has 1 aromatic rings. The summed E-state index contributed by atoms with van der Waals surface area (Å²) in [5, 5.41) is 0. The molecule has 102 valence electrons. The van der Waals surface area contributed by atoms with Crippen LogP contribution in [-0.2, 0) is 10.0 Å². The average Bonchev–Trinajstić information content (AvgIpc) is 2.28. The molecule has 0 aliphatic rings. The van der Waals surface area contributed by atoms with E-state index >= 15 is 0 Å². The minimum atomic E-state index is -3.61. The molecule has 1 aromatic carbocycles. The molecule has 0 amide bonds. The minimum Gasteiger partial charge on any atom is -0.208 e. The SMILES string of the molecule is CCCCCC(C)NS(=O)(=O)c1cccc(F)c1. The molecule has 0 radical (unpaired) electrons. The lowest BCUT2D eigenvalue weighted by atomic mass is 10.1. The highest BCUT2D eigenvalue weighted by Gasteiger charge is 2.17. The first-order valence-electron chi connectivity index (χ1n) is 6.23. The summed E-state index contributed by atoms with van der Waals surface area (Å²) in [6, 6.07) is 4.91. The van der Waals surface area contributed by atoms with Gasteiger partial charge in [0.15, 0.2) is 0 Å². The zero-order chi connectivity index (χ0) is 13.6. The van der Waals surface area contributed by atoms with Crippen LogP contribution in [0, 0.1) is 5.82 Å². The molecule has 0 saturated carbocycles. The quantitative estimate of drug-likeness (QED) is 0.776. The number of hydrogen-bond donors (Lipinski definition) is 1. The number of rotatable bonds is 7. The van der Waals surface area contributed by atoms with E-state index in [-0.39, 0.29) is 10.9 Å². The molecule has 0 bridgehead atoms. The largest absolute Gasteiger partial charge is 0.240 e. The van der Waals surface area contributed by atoms with Crippen molar-refractivity contribution in [3.63, 3.8) is 0 Å². The maximum atomic E-state index is 13.0. The number of nitrogens with one attached hydrogen (secondary N) is 1. The van der Waals surface area contributed by atoms with Gasteiger partial charge in [0.2, 0.25) is 10.0 Å². The van der Waals surface area contributed by atoms with Crippen molar-refractivity contribution in [2.24, 2.45) is 0 Å². The zero-order valence-corrected chi connectivity index (χ0v) is 11.6. The smallest absolute Gasteiger partial charge is 0.208 e. The Bertz CT molecular complexity index is 474. The van der Waals surface area contributed by atoms with Crippen LogP contribution in [0.2, 0.25) is 0 Å². The van der Waals surface area contributed by atoms with E-state index in [0.717, 1.165) is 31.7 Å². The van der Waals surface area contributed by atoms with Crippen LogP contribution in [0.15, 0.2) is 29.2 Å². The Labute approximate surface area is 108 Å². The summed E-state index contributed by atoms with van der Waals surface area (Å²) in [4.78, 5) is -0.0233. The van der Waals surface area contributed by atoms with Crippen LogP contribution in [0.25, 0.3) is 0 Å². The van der Waals surface area contributed by atoms with Crippen LogP contribution in [0.1, 0.15) is 39.5 Å². The van der Waals surface area contributed by atoms with Crippen LogP contribution in [-0.4, -0.2) is 14.5 Å². The van der Waals surface area contributed by atoms with Gasteiger partial charge in [-0.2, -0.15) is 0 Å². The third kappa shape index (κ3) is 4.74. The Morgan fingerprint density at radius 3 is 2.67 bits per heavy atom. The Hall–Kier alpha value is -0.940. The normalized spacial score (nSPS) is 13.5. The van der Waals surface area contributed by atoms with Crippen LogP contribution >= 0.6 is 0 Å². The van der Waals surface area contributed by atoms with Crippen molar-refractivity contribution in [1.82, 2.24) is 4.72 Å². The fraction of sp³-hybridized carbons (Fsp3) is 0.538. The van der Waals surface area contributed by atoms with E-state index in [1.54, 1.807) is 0 Å². The molecule has 1 N–H and O–H groups in total. The Kier molecular flexibility index (Phi) is 5.75. The van der Waals surface area contributed by atoms with E-state index in [4.69, 9.17) is 0 Å². The topological polar surface area (TPSA) is 46.2 Å². The van der Waals surface area contributed by atoms with E-state index in [1.807, 2.05) is 6.92 Å². The number of hydrogen-bond acceptors (Lipinski definition) is 2. The minimum absolute atomic E-state index is 0.0233. The number of halogens is 1. The summed E-state index contributed by atoms with van der Waals surface area (Å²) in [5.41, 5.74) is 0. The second-order valence-corrected chi connectivity index (χ2v) is 6.19. The van der Waals surface area contributed by atoms with E-state index < -0.39 is 15.8 Å². The molecule has 0 aromatic heterocycles. The lowest BCUT2D eigenvalue weighted by Crippen LogP contribution is -2.32. The summed E-state index contributed by atoms with van der Waals surface area (Å²) >= 11 is 0. The third-order valence-corrected chi connectivity index (χ3v) is 4.29. The lowest BCUT2D eigenvalue weighted by Gasteiger charge is -2.14. The van der Waals surface area contributed by atoms with E-state index in [9.17, 15) is 12.8 Å². The Morgan fingerprint density at radius 1 is 1.33 bits per heavy atom. The molecule has 0 spiro atoms. The Morgan fingerprint density at radius 2 is 2.06 bits per heavy atom. The highest BCUT2D eigenvalue weighted by molar-refractivity contribution is 7.89. The summed E-state index contributed by atoms with van der Waals surface area (Å²) < 4.78 is 39.5.